The normalized spacial score (nSPS) is 41.8. The van der Waals surface area contributed by atoms with Gasteiger partial charge in [-0.25, -0.2) is 0 Å². The summed E-state index contributed by atoms with van der Waals surface area (Å²) in [5, 5.41) is 10.7. The van der Waals surface area contributed by atoms with Gasteiger partial charge < -0.3 is 20.3 Å². The van der Waals surface area contributed by atoms with Crippen LogP contribution in [0.25, 0.3) is 0 Å². The van der Waals surface area contributed by atoms with Gasteiger partial charge in [-0.3, -0.25) is 14.9 Å². The first-order chi connectivity index (χ1) is 14.2. The highest BCUT2D eigenvalue weighted by Crippen LogP contribution is 2.35. The molecule has 0 aromatic rings. The van der Waals surface area contributed by atoms with Crippen LogP contribution in [0.1, 0.15) is 51.4 Å². The van der Waals surface area contributed by atoms with E-state index in [0.29, 0.717) is 48.1 Å². The minimum absolute atomic E-state index is 0.0168. The first kappa shape index (κ1) is 20.1. The molecule has 4 heterocycles. The van der Waals surface area contributed by atoms with E-state index in [0.717, 1.165) is 39.0 Å². The lowest BCUT2D eigenvalue weighted by atomic mass is 9.85. The molecule has 29 heavy (non-hydrogen) atoms. The number of carbonyl (C=O) groups excluding carboxylic acids is 2. The second kappa shape index (κ2) is 8.73. The van der Waals surface area contributed by atoms with Gasteiger partial charge in [-0.2, -0.15) is 0 Å². The monoisotopic (exact) mass is 422 g/mol. The Morgan fingerprint density at radius 2 is 2.00 bits per heavy atom. The summed E-state index contributed by atoms with van der Waals surface area (Å²) in [5.74, 6) is 1.46. The van der Waals surface area contributed by atoms with E-state index in [9.17, 15) is 9.59 Å². The van der Waals surface area contributed by atoms with E-state index in [-0.39, 0.29) is 17.4 Å². The predicted octanol–water partition coefficient (Wildman–Crippen LogP) is 1.04. The zero-order chi connectivity index (χ0) is 19.8. The van der Waals surface area contributed by atoms with Crippen molar-refractivity contribution < 1.29 is 14.3 Å². The molecule has 0 aromatic carbocycles. The molecule has 1 aliphatic carbocycles. The first-order valence-corrected chi connectivity index (χ1v) is 12.4. The van der Waals surface area contributed by atoms with Crippen molar-refractivity contribution in [3.05, 3.63) is 0 Å². The molecule has 3 N–H and O–H groups in total. The number of nitrogens with zero attached hydrogens (tertiary/aromatic N) is 1. The topological polar surface area (TPSA) is 82.7 Å². The average Bonchev–Trinajstić information content (AvgIpc) is 3.45. The molecule has 5 fully saturated rings. The molecule has 1 saturated carbocycles. The Morgan fingerprint density at radius 1 is 1.10 bits per heavy atom. The highest BCUT2D eigenvalue weighted by Gasteiger charge is 2.44. The largest absolute Gasteiger partial charge is 0.381 e. The lowest BCUT2D eigenvalue weighted by Crippen LogP contribution is -2.54. The van der Waals surface area contributed by atoms with Crippen LogP contribution in [0.3, 0.4) is 0 Å². The molecule has 4 aliphatic heterocycles. The Labute approximate surface area is 177 Å². The van der Waals surface area contributed by atoms with Crippen LogP contribution in [0.15, 0.2) is 0 Å². The van der Waals surface area contributed by atoms with Gasteiger partial charge in [-0.1, -0.05) is 12.8 Å². The lowest BCUT2D eigenvalue weighted by Gasteiger charge is -2.35. The highest BCUT2D eigenvalue weighted by atomic mass is 32.2. The number of fused-ring (bicyclic) bond motifs is 2. The molecule has 7 unspecified atom stereocenters. The van der Waals surface area contributed by atoms with Crippen LogP contribution in [-0.2, 0) is 14.3 Å². The van der Waals surface area contributed by atoms with Crippen molar-refractivity contribution in [2.24, 2.45) is 11.8 Å². The van der Waals surface area contributed by atoms with Crippen LogP contribution in [0.5, 0.6) is 0 Å². The number of amides is 2. The van der Waals surface area contributed by atoms with Crippen LogP contribution >= 0.6 is 11.8 Å². The number of hydrogen-bond donors (Lipinski definition) is 3. The molecular formula is C21H34N4O3S. The van der Waals surface area contributed by atoms with Gasteiger partial charge in [-0.15, -0.1) is 11.8 Å². The molecule has 4 saturated heterocycles. The van der Waals surface area contributed by atoms with Crippen LogP contribution in [0, 0.1) is 11.8 Å². The molecule has 0 radical (unpaired) electrons. The number of ether oxygens (including phenoxy) is 1. The summed E-state index contributed by atoms with van der Waals surface area (Å²) in [6.45, 7) is 3.09. The van der Waals surface area contributed by atoms with Gasteiger partial charge in [0.05, 0.1) is 6.04 Å². The Kier molecular flexibility index (Phi) is 6.05. The van der Waals surface area contributed by atoms with E-state index in [1.54, 1.807) is 11.8 Å². The van der Waals surface area contributed by atoms with E-state index in [1.807, 2.05) is 0 Å². The van der Waals surface area contributed by atoms with Crippen LogP contribution < -0.4 is 16.0 Å². The first-order valence-electron chi connectivity index (χ1n) is 11.5. The molecule has 8 heteroatoms. The summed E-state index contributed by atoms with van der Waals surface area (Å²) >= 11 is 1.78. The molecular weight excluding hydrogens is 388 g/mol. The summed E-state index contributed by atoms with van der Waals surface area (Å²) in [7, 11) is 0. The SMILES string of the molecule is O=C(CC1CCOC1)NC1NC2CCN(C(=O)C3CC4CCCCC4N3)CC2S1. The van der Waals surface area contributed by atoms with Crippen molar-refractivity contribution in [2.75, 3.05) is 26.3 Å². The standard InChI is InChI=1S/C21H34N4O3S/c26-19(9-13-6-8-28-12-13)24-21-23-16-5-7-25(11-18(16)29-21)20(27)17-10-14-3-1-2-4-15(14)22-17/h13-18,21-23H,1-12H2,(H,24,26). The number of piperidine rings is 1. The zero-order valence-corrected chi connectivity index (χ0v) is 17.9. The fourth-order valence-corrected chi connectivity index (χ4v) is 7.34. The van der Waals surface area contributed by atoms with E-state index in [4.69, 9.17) is 4.74 Å². The number of rotatable bonds is 4. The van der Waals surface area contributed by atoms with Gasteiger partial charge in [0.15, 0.2) is 0 Å². The van der Waals surface area contributed by atoms with E-state index in [1.165, 1.54) is 25.7 Å². The van der Waals surface area contributed by atoms with Gasteiger partial charge in [0.2, 0.25) is 11.8 Å². The fourth-order valence-electron chi connectivity index (χ4n) is 5.87. The van der Waals surface area contributed by atoms with Crippen molar-refractivity contribution in [2.45, 2.75) is 80.2 Å². The predicted molar refractivity (Wildman–Crippen MR) is 112 cm³/mol. The molecule has 162 valence electrons. The van der Waals surface area contributed by atoms with Crippen molar-refractivity contribution in [1.29, 1.82) is 0 Å². The van der Waals surface area contributed by atoms with E-state index < -0.39 is 0 Å². The summed E-state index contributed by atoms with van der Waals surface area (Å²) in [6, 6.07) is 0.953. The van der Waals surface area contributed by atoms with Gasteiger partial charge >= 0.3 is 0 Å². The van der Waals surface area contributed by atoms with Crippen molar-refractivity contribution in [1.82, 2.24) is 20.9 Å². The van der Waals surface area contributed by atoms with Gasteiger partial charge in [0, 0.05) is 50.1 Å². The zero-order valence-electron chi connectivity index (χ0n) is 17.1. The van der Waals surface area contributed by atoms with Gasteiger partial charge in [0.1, 0.15) is 5.50 Å². The number of likely N-dealkylation sites (tertiary alicyclic amines) is 1. The summed E-state index contributed by atoms with van der Waals surface area (Å²) in [6.07, 6.45) is 8.64. The number of carbonyl (C=O) groups is 2. The number of nitrogens with one attached hydrogen (secondary N) is 3. The van der Waals surface area contributed by atoms with Crippen molar-refractivity contribution in [3.8, 4) is 0 Å². The Hall–Kier alpha value is -0.830. The van der Waals surface area contributed by atoms with Crippen LogP contribution in [0.2, 0.25) is 0 Å². The number of thioether (sulfide) groups is 1. The van der Waals surface area contributed by atoms with E-state index >= 15 is 0 Å². The Bertz CT molecular complexity index is 615. The second-order valence-corrected chi connectivity index (χ2v) is 10.9. The van der Waals surface area contributed by atoms with Crippen molar-refractivity contribution >= 4 is 23.6 Å². The Balaban J connectivity index is 1.10. The summed E-state index contributed by atoms with van der Waals surface area (Å²) in [5.41, 5.74) is -0.0395. The highest BCUT2D eigenvalue weighted by molar-refractivity contribution is 8.00. The Morgan fingerprint density at radius 3 is 2.83 bits per heavy atom. The molecule has 0 bridgehead atoms. The third-order valence-electron chi connectivity index (χ3n) is 7.50. The smallest absolute Gasteiger partial charge is 0.239 e. The van der Waals surface area contributed by atoms with Gasteiger partial charge in [0.25, 0.3) is 0 Å². The van der Waals surface area contributed by atoms with Crippen LogP contribution in [0.4, 0.5) is 0 Å². The minimum Gasteiger partial charge on any atom is -0.381 e. The van der Waals surface area contributed by atoms with Crippen molar-refractivity contribution in [3.63, 3.8) is 0 Å². The quantitative estimate of drug-likeness (QED) is 0.628. The molecule has 0 aromatic heterocycles. The fraction of sp³-hybridized carbons (Fsp3) is 0.905. The maximum atomic E-state index is 13.1. The third kappa shape index (κ3) is 4.45. The van der Waals surface area contributed by atoms with Gasteiger partial charge in [-0.05, 0) is 43.9 Å². The molecule has 5 aliphatic rings. The molecule has 2 amide bonds. The van der Waals surface area contributed by atoms with E-state index in [2.05, 4.69) is 20.9 Å². The minimum atomic E-state index is -0.0395. The molecule has 5 rings (SSSR count). The van der Waals surface area contributed by atoms with Crippen LogP contribution in [-0.4, -0.2) is 71.9 Å². The second-order valence-electron chi connectivity index (χ2n) is 9.51. The number of hydrogen-bond acceptors (Lipinski definition) is 6. The maximum absolute atomic E-state index is 13.1. The third-order valence-corrected chi connectivity index (χ3v) is 8.85. The molecule has 7 nitrogen and oxygen atoms in total. The summed E-state index contributed by atoms with van der Waals surface area (Å²) < 4.78 is 5.37. The average molecular weight is 423 g/mol. The summed E-state index contributed by atoms with van der Waals surface area (Å²) in [4.78, 5) is 27.5. The maximum Gasteiger partial charge on any atom is 0.239 e. The molecule has 0 spiro atoms. The lowest BCUT2D eigenvalue weighted by molar-refractivity contribution is -0.134. The molecule has 7 atom stereocenters.